The van der Waals surface area contributed by atoms with Crippen LogP contribution in [0.25, 0.3) is 22.9 Å². The Kier molecular flexibility index (Phi) is 4.10. The highest BCUT2D eigenvalue weighted by Gasteiger charge is 2.24. The van der Waals surface area contributed by atoms with Crippen LogP contribution in [0.2, 0.25) is 5.02 Å². The molecule has 7 nitrogen and oxygen atoms in total. The summed E-state index contributed by atoms with van der Waals surface area (Å²) in [6.45, 7) is 1.48. The molecule has 1 aromatic carbocycles. The number of hydrogen-bond donors (Lipinski definition) is 0. The van der Waals surface area contributed by atoms with Crippen LogP contribution in [0.4, 0.5) is 0 Å². The van der Waals surface area contributed by atoms with E-state index in [1.807, 2.05) is 47.3 Å². The van der Waals surface area contributed by atoms with Gasteiger partial charge in [-0.2, -0.15) is 10.2 Å². The Bertz CT molecular complexity index is 1070. The average molecular weight is 381 g/mol. The third-order valence-corrected chi connectivity index (χ3v) is 4.96. The zero-order valence-electron chi connectivity index (χ0n) is 14.5. The minimum Gasteiger partial charge on any atom is -0.381 e. The van der Waals surface area contributed by atoms with E-state index in [2.05, 4.69) is 10.1 Å². The van der Waals surface area contributed by atoms with E-state index in [-0.39, 0.29) is 5.92 Å². The first-order valence-corrected chi connectivity index (χ1v) is 9.27. The second-order valence-electron chi connectivity index (χ2n) is 6.52. The Labute approximate surface area is 160 Å². The number of halogens is 1. The van der Waals surface area contributed by atoms with Gasteiger partial charge in [-0.05, 0) is 37.1 Å². The summed E-state index contributed by atoms with van der Waals surface area (Å²) in [6, 6.07) is 11.4. The quantitative estimate of drug-likeness (QED) is 0.543. The highest BCUT2D eigenvalue weighted by Crippen LogP contribution is 2.29. The first-order chi connectivity index (χ1) is 13.3. The number of fused-ring (bicyclic) bond motifs is 1. The fourth-order valence-corrected chi connectivity index (χ4v) is 3.53. The van der Waals surface area contributed by atoms with Crippen LogP contribution >= 0.6 is 11.6 Å². The van der Waals surface area contributed by atoms with Gasteiger partial charge in [0.25, 0.3) is 0 Å². The average Bonchev–Trinajstić information content (AvgIpc) is 3.33. The summed E-state index contributed by atoms with van der Waals surface area (Å²) in [7, 11) is 0. The van der Waals surface area contributed by atoms with Crippen molar-refractivity contribution in [1.29, 1.82) is 0 Å². The second-order valence-corrected chi connectivity index (χ2v) is 6.96. The molecule has 1 fully saturated rings. The molecule has 1 aliphatic heterocycles. The summed E-state index contributed by atoms with van der Waals surface area (Å²) >= 11 is 6.21. The van der Waals surface area contributed by atoms with Crippen LogP contribution in [0.1, 0.15) is 24.6 Å². The predicted molar refractivity (Wildman–Crippen MR) is 101 cm³/mol. The van der Waals surface area contributed by atoms with Crippen molar-refractivity contribution in [3.05, 3.63) is 59.6 Å². The SMILES string of the molecule is Clc1cccc(-n2nc(C3CCOCC3)nc2-c2cc3ncccn3n2)c1. The standard InChI is InChI=1S/C19H17ClN6O/c20-14-3-1-4-15(11-14)26-19(16-12-17-21-7-2-8-25(17)23-16)22-18(24-26)13-5-9-27-10-6-13/h1-4,7-8,11-13H,5-6,9-10H2. The minimum absolute atomic E-state index is 0.285. The zero-order chi connectivity index (χ0) is 18.2. The van der Waals surface area contributed by atoms with Crippen LogP contribution in [0.15, 0.2) is 48.8 Å². The molecule has 0 amide bonds. The van der Waals surface area contributed by atoms with Crippen molar-refractivity contribution in [2.24, 2.45) is 0 Å². The normalized spacial score (nSPS) is 15.4. The molecule has 0 aliphatic carbocycles. The van der Waals surface area contributed by atoms with Gasteiger partial charge in [0, 0.05) is 42.6 Å². The van der Waals surface area contributed by atoms with Gasteiger partial charge in [0.15, 0.2) is 17.3 Å². The summed E-state index contributed by atoms with van der Waals surface area (Å²) in [4.78, 5) is 9.20. The molecular weight excluding hydrogens is 364 g/mol. The number of ether oxygens (including phenoxy) is 1. The molecule has 1 saturated heterocycles. The molecule has 8 heteroatoms. The zero-order valence-corrected chi connectivity index (χ0v) is 15.3. The third kappa shape index (κ3) is 3.09. The maximum Gasteiger partial charge on any atom is 0.183 e. The smallest absolute Gasteiger partial charge is 0.183 e. The van der Waals surface area contributed by atoms with Gasteiger partial charge in [-0.25, -0.2) is 19.2 Å². The minimum atomic E-state index is 0.285. The van der Waals surface area contributed by atoms with Crippen LogP contribution in [0.3, 0.4) is 0 Å². The molecule has 0 N–H and O–H groups in total. The highest BCUT2D eigenvalue weighted by atomic mass is 35.5. The Morgan fingerprint density at radius 3 is 2.78 bits per heavy atom. The van der Waals surface area contributed by atoms with Gasteiger partial charge in [0.05, 0.1) is 5.69 Å². The van der Waals surface area contributed by atoms with Gasteiger partial charge in [0.2, 0.25) is 0 Å². The lowest BCUT2D eigenvalue weighted by molar-refractivity contribution is 0.0836. The Balaban J connectivity index is 1.66. The van der Waals surface area contributed by atoms with Crippen LogP contribution < -0.4 is 0 Å². The molecule has 0 atom stereocenters. The van der Waals surface area contributed by atoms with Crippen molar-refractivity contribution in [2.45, 2.75) is 18.8 Å². The van der Waals surface area contributed by atoms with E-state index >= 15 is 0 Å². The second kappa shape index (κ2) is 6.75. The number of nitrogens with zero attached hydrogens (tertiary/aromatic N) is 6. The molecule has 0 radical (unpaired) electrons. The lowest BCUT2D eigenvalue weighted by Crippen LogP contribution is -2.15. The van der Waals surface area contributed by atoms with Crippen molar-refractivity contribution < 1.29 is 4.74 Å². The highest BCUT2D eigenvalue weighted by molar-refractivity contribution is 6.30. The van der Waals surface area contributed by atoms with Crippen LogP contribution in [0, 0.1) is 0 Å². The maximum absolute atomic E-state index is 6.21. The van der Waals surface area contributed by atoms with Gasteiger partial charge in [-0.15, -0.1) is 0 Å². The van der Waals surface area contributed by atoms with Crippen molar-refractivity contribution in [3.8, 4) is 17.2 Å². The van der Waals surface area contributed by atoms with Gasteiger partial charge < -0.3 is 4.74 Å². The fourth-order valence-electron chi connectivity index (χ4n) is 3.35. The molecule has 27 heavy (non-hydrogen) atoms. The predicted octanol–water partition coefficient (Wildman–Crippen LogP) is 3.52. The van der Waals surface area contributed by atoms with Gasteiger partial charge in [-0.1, -0.05) is 17.7 Å². The molecule has 4 aromatic rings. The van der Waals surface area contributed by atoms with Crippen molar-refractivity contribution in [1.82, 2.24) is 29.4 Å². The first kappa shape index (κ1) is 16.4. The van der Waals surface area contributed by atoms with E-state index < -0.39 is 0 Å². The summed E-state index contributed by atoms with van der Waals surface area (Å²) < 4.78 is 9.03. The number of benzene rings is 1. The Hall–Kier alpha value is -2.77. The molecule has 0 saturated carbocycles. The molecule has 3 aromatic heterocycles. The van der Waals surface area contributed by atoms with E-state index in [0.717, 1.165) is 48.9 Å². The molecule has 136 valence electrons. The Morgan fingerprint density at radius 2 is 1.96 bits per heavy atom. The summed E-state index contributed by atoms with van der Waals surface area (Å²) in [6.07, 6.45) is 5.46. The summed E-state index contributed by atoms with van der Waals surface area (Å²) in [5.41, 5.74) is 2.34. The van der Waals surface area contributed by atoms with Gasteiger partial charge in [0.1, 0.15) is 5.69 Å². The molecule has 5 rings (SSSR count). The van der Waals surface area contributed by atoms with Crippen LogP contribution in [-0.4, -0.2) is 42.6 Å². The van der Waals surface area contributed by atoms with E-state index in [9.17, 15) is 0 Å². The molecule has 4 heterocycles. The lowest BCUT2D eigenvalue weighted by atomic mass is 10.00. The third-order valence-electron chi connectivity index (χ3n) is 4.73. The summed E-state index contributed by atoms with van der Waals surface area (Å²) in [5, 5.41) is 10.1. The number of hydrogen-bond acceptors (Lipinski definition) is 5. The van der Waals surface area contributed by atoms with Crippen LogP contribution in [0.5, 0.6) is 0 Å². The fraction of sp³-hybridized carbons (Fsp3) is 0.263. The molecule has 0 bridgehead atoms. The maximum atomic E-state index is 6.21. The van der Waals surface area contributed by atoms with E-state index in [4.69, 9.17) is 26.4 Å². The van der Waals surface area contributed by atoms with Crippen LogP contribution in [-0.2, 0) is 4.74 Å². The van der Waals surface area contributed by atoms with Gasteiger partial charge in [-0.3, -0.25) is 0 Å². The van der Waals surface area contributed by atoms with Crippen molar-refractivity contribution in [2.75, 3.05) is 13.2 Å². The molecule has 0 unspecified atom stereocenters. The first-order valence-electron chi connectivity index (χ1n) is 8.89. The van der Waals surface area contributed by atoms with E-state index in [0.29, 0.717) is 10.8 Å². The number of rotatable bonds is 3. The van der Waals surface area contributed by atoms with E-state index in [1.165, 1.54) is 0 Å². The molecule has 1 aliphatic rings. The number of aromatic nitrogens is 6. The van der Waals surface area contributed by atoms with Crippen molar-refractivity contribution >= 4 is 17.2 Å². The monoisotopic (exact) mass is 380 g/mol. The molecular formula is C19H17ClN6O. The molecule has 0 spiro atoms. The summed E-state index contributed by atoms with van der Waals surface area (Å²) in [5.74, 6) is 1.79. The van der Waals surface area contributed by atoms with Crippen molar-refractivity contribution in [3.63, 3.8) is 0 Å². The topological polar surface area (TPSA) is 70.1 Å². The Morgan fingerprint density at radius 1 is 1.07 bits per heavy atom. The van der Waals surface area contributed by atoms with Gasteiger partial charge >= 0.3 is 0 Å². The lowest BCUT2D eigenvalue weighted by Gasteiger charge is -2.18. The van der Waals surface area contributed by atoms with E-state index in [1.54, 1.807) is 10.7 Å². The largest absolute Gasteiger partial charge is 0.381 e.